The highest BCUT2D eigenvalue weighted by Crippen LogP contribution is 2.12. The Labute approximate surface area is 113 Å². The van der Waals surface area contributed by atoms with Crippen LogP contribution in [0, 0.1) is 6.92 Å². The van der Waals surface area contributed by atoms with Crippen molar-refractivity contribution in [3.8, 4) is 5.75 Å². The molecule has 0 unspecified atom stereocenters. The molecular weight excluding hydrogens is 246 g/mol. The van der Waals surface area contributed by atoms with Gasteiger partial charge in [0.25, 0.3) is 0 Å². The number of aliphatic hydroxyl groups excluding tert-OH is 2. The number of amides is 1. The Morgan fingerprint density at radius 3 is 2.74 bits per heavy atom. The van der Waals surface area contributed by atoms with E-state index in [1.807, 2.05) is 31.2 Å². The fourth-order valence-electron chi connectivity index (χ4n) is 1.58. The fourth-order valence-corrected chi connectivity index (χ4v) is 1.58. The summed E-state index contributed by atoms with van der Waals surface area (Å²) in [7, 11) is 0. The van der Waals surface area contributed by atoms with Gasteiger partial charge in [0.15, 0.2) is 0 Å². The smallest absolute Gasteiger partial charge is 0.220 e. The quantitative estimate of drug-likeness (QED) is 0.603. The number of carbonyl (C=O) groups excluding carboxylic acids is 1. The van der Waals surface area contributed by atoms with Gasteiger partial charge in [-0.2, -0.15) is 0 Å². The molecule has 0 spiro atoms. The van der Waals surface area contributed by atoms with Crippen LogP contribution in [0.15, 0.2) is 24.3 Å². The molecule has 3 N–H and O–H groups in total. The monoisotopic (exact) mass is 267 g/mol. The molecule has 0 fully saturated rings. The molecule has 1 aromatic carbocycles. The van der Waals surface area contributed by atoms with Gasteiger partial charge in [0.1, 0.15) is 5.75 Å². The van der Waals surface area contributed by atoms with E-state index >= 15 is 0 Å². The van der Waals surface area contributed by atoms with E-state index < -0.39 is 6.04 Å². The minimum atomic E-state index is -0.579. The first-order valence-electron chi connectivity index (χ1n) is 6.36. The van der Waals surface area contributed by atoms with Crippen LogP contribution in [0.4, 0.5) is 0 Å². The standard InChI is InChI=1S/C14H21NO4/c1-11-4-2-5-13(8-11)19-7-3-6-14(18)15-12(9-16)10-17/h2,4-5,8,12,16-17H,3,6-7,9-10H2,1H3,(H,15,18). The van der Waals surface area contributed by atoms with Gasteiger partial charge in [-0.1, -0.05) is 12.1 Å². The molecule has 0 aromatic heterocycles. The van der Waals surface area contributed by atoms with Crippen LogP contribution in [-0.4, -0.2) is 42.0 Å². The third-order valence-corrected chi connectivity index (χ3v) is 2.61. The van der Waals surface area contributed by atoms with Gasteiger partial charge < -0.3 is 20.3 Å². The molecule has 19 heavy (non-hydrogen) atoms. The van der Waals surface area contributed by atoms with Crippen molar-refractivity contribution in [2.75, 3.05) is 19.8 Å². The summed E-state index contributed by atoms with van der Waals surface area (Å²) in [5.41, 5.74) is 1.13. The highest BCUT2D eigenvalue weighted by molar-refractivity contribution is 5.76. The number of benzene rings is 1. The second kappa shape index (κ2) is 8.50. The molecule has 5 heteroatoms. The van der Waals surface area contributed by atoms with Crippen molar-refractivity contribution >= 4 is 5.91 Å². The van der Waals surface area contributed by atoms with E-state index in [-0.39, 0.29) is 19.1 Å². The molecule has 5 nitrogen and oxygen atoms in total. The minimum Gasteiger partial charge on any atom is -0.494 e. The van der Waals surface area contributed by atoms with Gasteiger partial charge >= 0.3 is 0 Å². The SMILES string of the molecule is Cc1cccc(OCCCC(=O)NC(CO)CO)c1. The van der Waals surface area contributed by atoms with E-state index in [1.54, 1.807) is 0 Å². The average molecular weight is 267 g/mol. The van der Waals surface area contributed by atoms with Crippen LogP contribution in [0.25, 0.3) is 0 Å². The Kier molecular flexibility index (Phi) is 6.92. The largest absolute Gasteiger partial charge is 0.494 e. The summed E-state index contributed by atoms with van der Waals surface area (Å²) in [6.45, 7) is 1.92. The van der Waals surface area contributed by atoms with Crippen LogP contribution < -0.4 is 10.1 Å². The molecular formula is C14H21NO4. The summed E-state index contributed by atoms with van der Waals surface area (Å²) < 4.78 is 5.52. The second-order valence-electron chi connectivity index (χ2n) is 4.40. The van der Waals surface area contributed by atoms with Crippen molar-refractivity contribution in [1.29, 1.82) is 0 Å². The van der Waals surface area contributed by atoms with Gasteiger partial charge in [-0.3, -0.25) is 4.79 Å². The lowest BCUT2D eigenvalue weighted by molar-refractivity contribution is -0.122. The average Bonchev–Trinajstić information content (AvgIpc) is 2.41. The maximum absolute atomic E-state index is 11.4. The van der Waals surface area contributed by atoms with Crippen molar-refractivity contribution in [1.82, 2.24) is 5.32 Å². The highest BCUT2D eigenvalue weighted by Gasteiger charge is 2.09. The molecule has 0 aliphatic carbocycles. The van der Waals surface area contributed by atoms with Crippen molar-refractivity contribution in [3.63, 3.8) is 0 Å². The van der Waals surface area contributed by atoms with Crippen LogP contribution in [0.3, 0.4) is 0 Å². The van der Waals surface area contributed by atoms with E-state index in [0.717, 1.165) is 11.3 Å². The predicted octanol–water partition coefficient (Wildman–Crippen LogP) is 0.623. The van der Waals surface area contributed by atoms with Gasteiger partial charge in [0.2, 0.25) is 5.91 Å². The number of nitrogens with one attached hydrogen (secondary N) is 1. The lowest BCUT2D eigenvalue weighted by atomic mass is 10.2. The number of ether oxygens (including phenoxy) is 1. The van der Waals surface area contributed by atoms with E-state index in [9.17, 15) is 4.79 Å². The van der Waals surface area contributed by atoms with Crippen molar-refractivity contribution in [3.05, 3.63) is 29.8 Å². The third kappa shape index (κ3) is 6.22. The molecule has 0 aliphatic heterocycles. The van der Waals surface area contributed by atoms with Crippen molar-refractivity contribution in [2.45, 2.75) is 25.8 Å². The lowest BCUT2D eigenvalue weighted by Gasteiger charge is -2.13. The Morgan fingerprint density at radius 2 is 2.11 bits per heavy atom. The summed E-state index contributed by atoms with van der Waals surface area (Å²) in [4.78, 5) is 11.4. The van der Waals surface area contributed by atoms with Gasteiger partial charge in [0, 0.05) is 6.42 Å². The van der Waals surface area contributed by atoms with Gasteiger partial charge in [0.05, 0.1) is 25.9 Å². The molecule has 0 bridgehead atoms. The molecule has 0 saturated carbocycles. The number of carbonyl (C=O) groups is 1. The molecule has 0 heterocycles. The fraction of sp³-hybridized carbons (Fsp3) is 0.500. The number of hydrogen-bond acceptors (Lipinski definition) is 4. The zero-order valence-corrected chi connectivity index (χ0v) is 11.1. The normalized spacial score (nSPS) is 10.5. The Hall–Kier alpha value is -1.59. The summed E-state index contributed by atoms with van der Waals surface area (Å²) in [6, 6.07) is 7.15. The zero-order chi connectivity index (χ0) is 14.1. The molecule has 106 valence electrons. The van der Waals surface area contributed by atoms with Crippen LogP contribution in [0.5, 0.6) is 5.75 Å². The molecule has 0 aliphatic rings. The van der Waals surface area contributed by atoms with E-state index in [4.69, 9.17) is 14.9 Å². The van der Waals surface area contributed by atoms with E-state index in [1.165, 1.54) is 0 Å². The number of aliphatic hydroxyl groups is 2. The summed E-state index contributed by atoms with van der Waals surface area (Å²) >= 11 is 0. The van der Waals surface area contributed by atoms with Crippen molar-refractivity contribution in [2.24, 2.45) is 0 Å². The maximum Gasteiger partial charge on any atom is 0.220 e. The molecule has 0 radical (unpaired) electrons. The highest BCUT2D eigenvalue weighted by atomic mass is 16.5. The van der Waals surface area contributed by atoms with Gasteiger partial charge in [-0.15, -0.1) is 0 Å². The molecule has 1 rings (SSSR count). The van der Waals surface area contributed by atoms with Crippen LogP contribution in [-0.2, 0) is 4.79 Å². The predicted molar refractivity (Wildman–Crippen MR) is 72.0 cm³/mol. The molecule has 0 saturated heterocycles. The minimum absolute atomic E-state index is 0.194. The third-order valence-electron chi connectivity index (χ3n) is 2.61. The molecule has 0 atom stereocenters. The molecule has 1 aromatic rings. The Balaban J connectivity index is 2.18. The maximum atomic E-state index is 11.4. The van der Waals surface area contributed by atoms with Crippen LogP contribution >= 0.6 is 0 Å². The topological polar surface area (TPSA) is 78.8 Å². The van der Waals surface area contributed by atoms with Crippen molar-refractivity contribution < 1.29 is 19.7 Å². The number of hydrogen-bond donors (Lipinski definition) is 3. The number of rotatable bonds is 8. The lowest BCUT2D eigenvalue weighted by Crippen LogP contribution is -2.40. The Morgan fingerprint density at radius 1 is 1.37 bits per heavy atom. The summed E-state index contributed by atoms with van der Waals surface area (Å²) in [6.07, 6.45) is 0.895. The first kappa shape index (κ1) is 15.5. The van der Waals surface area contributed by atoms with E-state index in [0.29, 0.717) is 19.4 Å². The summed E-state index contributed by atoms with van der Waals surface area (Å²) in [5.74, 6) is 0.602. The first-order valence-corrected chi connectivity index (χ1v) is 6.36. The molecule has 1 amide bonds. The van der Waals surface area contributed by atoms with Crippen LogP contribution in [0.1, 0.15) is 18.4 Å². The number of aryl methyl sites for hydroxylation is 1. The summed E-state index contributed by atoms with van der Waals surface area (Å²) in [5, 5.41) is 20.2. The van der Waals surface area contributed by atoms with Gasteiger partial charge in [-0.05, 0) is 31.0 Å². The zero-order valence-electron chi connectivity index (χ0n) is 11.1. The van der Waals surface area contributed by atoms with Crippen LogP contribution in [0.2, 0.25) is 0 Å². The van der Waals surface area contributed by atoms with Gasteiger partial charge in [-0.25, -0.2) is 0 Å². The first-order chi connectivity index (χ1) is 9.15. The second-order valence-corrected chi connectivity index (χ2v) is 4.40. The van der Waals surface area contributed by atoms with E-state index in [2.05, 4.69) is 5.32 Å². The Bertz CT molecular complexity index is 391.